The Labute approximate surface area is 94.8 Å². The maximum absolute atomic E-state index is 11.4. The van der Waals surface area contributed by atoms with Crippen LogP contribution < -0.4 is 10.2 Å². The van der Waals surface area contributed by atoms with E-state index in [-0.39, 0.29) is 6.03 Å². The second kappa shape index (κ2) is 3.70. The van der Waals surface area contributed by atoms with Crippen molar-refractivity contribution in [3.05, 3.63) is 30.3 Å². The molecule has 2 aliphatic heterocycles. The van der Waals surface area contributed by atoms with Crippen molar-refractivity contribution in [2.45, 2.75) is 6.04 Å². The first-order valence-electron chi connectivity index (χ1n) is 5.69. The fourth-order valence-electron chi connectivity index (χ4n) is 2.48. The Morgan fingerprint density at radius 1 is 1.19 bits per heavy atom. The second-order valence-electron chi connectivity index (χ2n) is 4.31. The van der Waals surface area contributed by atoms with Crippen LogP contribution in [0.3, 0.4) is 0 Å². The van der Waals surface area contributed by atoms with Gasteiger partial charge in [-0.2, -0.15) is 0 Å². The van der Waals surface area contributed by atoms with Crippen LogP contribution in [0.5, 0.6) is 0 Å². The van der Waals surface area contributed by atoms with Gasteiger partial charge in [0.1, 0.15) is 0 Å². The summed E-state index contributed by atoms with van der Waals surface area (Å²) in [5.41, 5.74) is 1.25. The number of carbonyl (C=O) groups is 1. The van der Waals surface area contributed by atoms with Crippen LogP contribution >= 0.6 is 0 Å². The van der Waals surface area contributed by atoms with Gasteiger partial charge in [0.2, 0.25) is 0 Å². The molecule has 0 radical (unpaired) electrons. The number of hydrogen-bond donors (Lipinski definition) is 1. The number of rotatable bonds is 1. The van der Waals surface area contributed by atoms with Crippen molar-refractivity contribution in [1.82, 2.24) is 10.2 Å². The van der Waals surface area contributed by atoms with Crippen molar-refractivity contribution < 1.29 is 4.79 Å². The van der Waals surface area contributed by atoms with E-state index in [4.69, 9.17) is 0 Å². The Hall–Kier alpha value is -1.71. The molecule has 0 saturated carbocycles. The molecule has 4 nitrogen and oxygen atoms in total. The largest absolute Gasteiger partial charge is 0.368 e. The van der Waals surface area contributed by atoms with E-state index < -0.39 is 0 Å². The predicted octanol–water partition coefficient (Wildman–Crippen LogP) is 0.900. The summed E-state index contributed by atoms with van der Waals surface area (Å²) >= 11 is 0. The first-order valence-corrected chi connectivity index (χ1v) is 5.69. The average molecular weight is 217 g/mol. The quantitative estimate of drug-likeness (QED) is 0.758. The van der Waals surface area contributed by atoms with Crippen molar-refractivity contribution >= 4 is 11.7 Å². The summed E-state index contributed by atoms with van der Waals surface area (Å²) in [4.78, 5) is 15.7. The molecule has 2 heterocycles. The SMILES string of the molecule is O=C1NCC2CN(c3ccccc3)CCN12. The lowest BCUT2D eigenvalue weighted by Crippen LogP contribution is -2.52. The number of nitrogens with one attached hydrogen (secondary N) is 1. The van der Waals surface area contributed by atoms with Gasteiger partial charge in [0.15, 0.2) is 0 Å². The van der Waals surface area contributed by atoms with Gasteiger partial charge in [-0.15, -0.1) is 0 Å². The highest BCUT2D eigenvalue weighted by atomic mass is 16.2. The molecule has 1 aromatic rings. The van der Waals surface area contributed by atoms with Crippen LogP contribution in [0.25, 0.3) is 0 Å². The second-order valence-corrected chi connectivity index (χ2v) is 4.31. The highest BCUT2D eigenvalue weighted by Gasteiger charge is 2.35. The van der Waals surface area contributed by atoms with Gasteiger partial charge in [0.25, 0.3) is 0 Å². The summed E-state index contributed by atoms with van der Waals surface area (Å²) in [6.45, 7) is 3.46. The molecule has 2 saturated heterocycles. The molecule has 1 aromatic carbocycles. The fourth-order valence-corrected chi connectivity index (χ4v) is 2.48. The zero-order valence-electron chi connectivity index (χ0n) is 9.10. The minimum atomic E-state index is 0.0951. The van der Waals surface area contributed by atoms with Gasteiger partial charge < -0.3 is 15.1 Å². The summed E-state index contributed by atoms with van der Waals surface area (Å²) in [7, 11) is 0. The van der Waals surface area contributed by atoms with Crippen molar-refractivity contribution in [1.29, 1.82) is 0 Å². The van der Waals surface area contributed by atoms with Gasteiger partial charge in [0, 0.05) is 31.9 Å². The molecule has 84 valence electrons. The molecule has 4 heteroatoms. The van der Waals surface area contributed by atoms with Gasteiger partial charge >= 0.3 is 6.03 Å². The van der Waals surface area contributed by atoms with Crippen LogP contribution in [0.4, 0.5) is 10.5 Å². The molecule has 3 rings (SSSR count). The van der Waals surface area contributed by atoms with Crippen LogP contribution in [0.2, 0.25) is 0 Å². The third-order valence-corrected chi connectivity index (χ3v) is 3.35. The number of piperazine rings is 1. The number of amides is 2. The van der Waals surface area contributed by atoms with Gasteiger partial charge in [-0.05, 0) is 12.1 Å². The summed E-state index contributed by atoms with van der Waals surface area (Å²) in [6, 6.07) is 10.8. The summed E-state index contributed by atoms with van der Waals surface area (Å²) < 4.78 is 0. The highest BCUT2D eigenvalue weighted by molar-refractivity contribution is 5.77. The van der Waals surface area contributed by atoms with E-state index in [0.717, 1.165) is 26.2 Å². The predicted molar refractivity (Wildman–Crippen MR) is 62.5 cm³/mol. The normalized spacial score (nSPS) is 24.2. The summed E-state index contributed by atoms with van der Waals surface area (Å²) in [5.74, 6) is 0. The zero-order valence-corrected chi connectivity index (χ0v) is 9.10. The first-order chi connectivity index (χ1) is 7.84. The third kappa shape index (κ3) is 1.50. The Morgan fingerprint density at radius 2 is 2.00 bits per heavy atom. The smallest absolute Gasteiger partial charge is 0.317 e. The maximum atomic E-state index is 11.4. The number of anilines is 1. The fraction of sp³-hybridized carbons (Fsp3) is 0.417. The first kappa shape index (κ1) is 9.51. The van der Waals surface area contributed by atoms with Crippen molar-refractivity contribution in [3.63, 3.8) is 0 Å². The molecule has 1 N–H and O–H groups in total. The molecule has 2 fully saturated rings. The van der Waals surface area contributed by atoms with E-state index in [9.17, 15) is 4.79 Å². The lowest BCUT2D eigenvalue weighted by atomic mass is 10.1. The minimum absolute atomic E-state index is 0.0951. The zero-order chi connectivity index (χ0) is 11.0. The lowest BCUT2D eigenvalue weighted by Gasteiger charge is -2.37. The molecular weight excluding hydrogens is 202 g/mol. The lowest BCUT2D eigenvalue weighted by molar-refractivity contribution is 0.197. The monoisotopic (exact) mass is 217 g/mol. The van der Waals surface area contributed by atoms with E-state index in [1.807, 2.05) is 11.0 Å². The van der Waals surface area contributed by atoms with Crippen LogP contribution in [-0.2, 0) is 0 Å². The Bertz CT molecular complexity index is 393. The number of urea groups is 1. The molecule has 1 unspecified atom stereocenters. The molecule has 0 bridgehead atoms. The van der Waals surface area contributed by atoms with Crippen LogP contribution in [0.15, 0.2) is 30.3 Å². The van der Waals surface area contributed by atoms with Crippen molar-refractivity contribution in [3.8, 4) is 0 Å². The Kier molecular flexibility index (Phi) is 2.20. The highest BCUT2D eigenvalue weighted by Crippen LogP contribution is 2.20. The standard InChI is InChI=1S/C12H15N3O/c16-12-13-8-11-9-14(6-7-15(11)12)10-4-2-1-3-5-10/h1-5,11H,6-9H2,(H,13,16). The molecule has 0 aromatic heterocycles. The Balaban J connectivity index is 1.75. The molecule has 16 heavy (non-hydrogen) atoms. The van der Waals surface area contributed by atoms with Gasteiger partial charge in [-0.25, -0.2) is 4.79 Å². The molecule has 0 aliphatic carbocycles. The van der Waals surface area contributed by atoms with Crippen molar-refractivity contribution in [2.75, 3.05) is 31.1 Å². The number of fused-ring (bicyclic) bond motifs is 1. The third-order valence-electron chi connectivity index (χ3n) is 3.35. The average Bonchev–Trinajstić information content (AvgIpc) is 2.72. The number of carbonyl (C=O) groups excluding carboxylic acids is 1. The summed E-state index contributed by atoms with van der Waals surface area (Å²) in [5, 5.41) is 2.89. The van der Waals surface area contributed by atoms with Crippen LogP contribution in [0, 0.1) is 0 Å². The van der Waals surface area contributed by atoms with E-state index in [0.29, 0.717) is 6.04 Å². The van der Waals surface area contributed by atoms with E-state index in [1.165, 1.54) is 5.69 Å². The molecule has 2 aliphatic rings. The molecular formula is C12H15N3O. The van der Waals surface area contributed by atoms with Crippen LogP contribution in [0.1, 0.15) is 0 Å². The summed E-state index contributed by atoms with van der Waals surface area (Å²) in [6.07, 6.45) is 0. The molecule has 0 spiro atoms. The van der Waals surface area contributed by atoms with E-state index in [2.05, 4.69) is 34.5 Å². The van der Waals surface area contributed by atoms with Gasteiger partial charge in [-0.3, -0.25) is 0 Å². The topological polar surface area (TPSA) is 35.6 Å². The number of para-hydroxylation sites is 1. The number of benzene rings is 1. The molecule has 1 atom stereocenters. The molecule has 2 amide bonds. The number of hydrogen-bond acceptors (Lipinski definition) is 2. The van der Waals surface area contributed by atoms with Gasteiger partial charge in [-0.1, -0.05) is 18.2 Å². The van der Waals surface area contributed by atoms with E-state index >= 15 is 0 Å². The minimum Gasteiger partial charge on any atom is -0.368 e. The van der Waals surface area contributed by atoms with Gasteiger partial charge in [0.05, 0.1) is 6.04 Å². The number of nitrogens with zero attached hydrogens (tertiary/aromatic N) is 2. The van der Waals surface area contributed by atoms with Crippen LogP contribution in [-0.4, -0.2) is 43.2 Å². The Morgan fingerprint density at radius 3 is 2.81 bits per heavy atom. The maximum Gasteiger partial charge on any atom is 0.317 e. The van der Waals surface area contributed by atoms with E-state index in [1.54, 1.807) is 0 Å². The van der Waals surface area contributed by atoms with Crippen molar-refractivity contribution in [2.24, 2.45) is 0 Å².